The van der Waals surface area contributed by atoms with Gasteiger partial charge in [-0.25, -0.2) is 0 Å². The summed E-state index contributed by atoms with van der Waals surface area (Å²) in [6, 6.07) is 2.05. The van der Waals surface area contributed by atoms with Gasteiger partial charge in [-0.05, 0) is 26.0 Å². The molecule has 0 aliphatic heterocycles. The largest absolute Gasteiger partial charge is 0.416 e. The minimum Gasteiger partial charge on any atom is -0.352 e. The van der Waals surface area contributed by atoms with E-state index in [1.165, 1.54) is 6.20 Å². The van der Waals surface area contributed by atoms with Crippen molar-refractivity contribution in [3.63, 3.8) is 0 Å². The summed E-state index contributed by atoms with van der Waals surface area (Å²) >= 11 is 0. The van der Waals surface area contributed by atoms with Gasteiger partial charge in [0.15, 0.2) is 0 Å². The summed E-state index contributed by atoms with van der Waals surface area (Å²) in [4.78, 5) is 15.8. The average molecular weight is 326 g/mol. The van der Waals surface area contributed by atoms with Crippen LogP contribution >= 0.6 is 0 Å². The van der Waals surface area contributed by atoms with E-state index in [-0.39, 0.29) is 30.6 Å². The Kier molecular flexibility index (Phi) is 5.02. The fraction of sp³-hybridized carbons (Fsp3) is 0.400. The Morgan fingerprint density at radius 1 is 1.39 bits per heavy atom. The van der Waals surface area contributed by atoms with Gasteiger partial charge in [-0.15, -0.1) is 0 Å². The van der Waals surface area contributed by atoms with Crippen molar-refractivity contribution in [2.24, 2.45) is 0 Å². The fourth-order valence-corrected chi connectivity index (χ4v) is 1.94. The molecule has 0 atom stereocenters. The van der Waals surface area contributed by atoms with Crippen LogP contribution in [0.5, 0.6) is 0 Å². The van der Waals surface area contributed by atoms with E-state index in [1.54, 1.807) is 10.9 Å². The van der Waals surface area contributed by atoms with E-state index in [0.717, 1.165) is 18.3 Å². The number of hydrogen-bond acceptors (Lipinski definition) is 3. The van der Waals surface area contributed by atoms with Crippen LogP contribution in [0.4, 0.5) is 13.2 Å². The molecule has 2 aromatic rings. The molecule has 1 N–H and O–H groups in total. The first-order valence-corrected chi connectivity index (χ1v) is 7.12. The maximum absolute atomic E-state index is 12.6. The Hall–Kier alpha value is -2.38. The molecule has 124 valence electrons. The number of hydrogen-bond donors (Lipinski definition) is 1. The lowest BCUT2D eigenvalue weighted by atomic mass is 10.2. The van der Waals surface area contributed by atoms with E-state index < -0.39 is 11.7 Å². The summed E-state index contributed by atoms with van der Waals surface area (Å²) in [6.45, 7) is 4.07. The Morgan fingerprint density at radius 2 is 2.13 bits per heavy atom. The number of aromatic nitrogens is 3. The number of halogens is 3. The molecule has 2 rings (SSSR count). The first kappa shape index (κ1) is 17.0. The molecule has 0 aliphatic rings. The molecule has 1 amide bonds. The molecule has 0 saturated heterocycles. The van der Waals surface area contributed by atoms with Crippen molar-refractivity contribution in [3.05, 3.63) is 47.5 Å². The third-order valence-electron chi connectivity index (χ3n) is 3.20. The topological polar surface area (TPSA) is 59.8 Å². The van der Waals surface area contributed by atoms with Gasteiger partial charge in [-0.3, -0.25) is 14.5 Å². The quantitative estimate of drug-likeness (QED) is 0.919. The minimum atomic E-state index is -4.40. The zero-order valence-corrected chi connectivity index (χ0v) is 12.8. The Bertz CT molecular complexity index is 679. The molecule has 0 radical (unpaired) electrons. The van der Waals surface area contributed by atoms with E-state index in [0.29, 0.717) is 5.56 Å². The second-order valence-corrected chi connectivity index (χ2v) is 5.34. The molecular formula is C15H17F3N4O. The van der Waals surface area contributed by atoms with Gasteiger partial charge in [0.25, 0.3) is 5.91 Å². The summed E-state index contributed by atoms with van der Waals surface area (Å²) in [5, 5.41) is 6.70. The van der Waals surface area contributed by atoms with Gasteiger partial charge in [-0.1, -0.05) is 0 Å². The monoisotopic (exact) mass is 326 g/mol. The summed E-state index contributed by atoms with van der Waals surface area (Å²) in [5.41, 5.74) is -0.0549. The molecule has 2 heterocycles. The van der Waals surface area contributed by atoms with Crippen molar-refractivity contribution in [3.8, 4) is 0 Å². The smallest absolute Gasteiger partial charge is 0.352 e. The van der Waals surface area contributed by atoms with Gasteiger partial charge < -0.3 is 5.32 Å². The molecular weight excluding hydrogens is 309 g/mol. The van der Waals surface area contributed by atoms with Gasteiger partial charge >= 0.3 is 6.18 Å². The molecule has 0 saturated carbocycles. The first-order valence-electron chi connectivity index (χ1n) is 7.12. The van der Waals surface area contributed by atoms with Crippen molar-refractivity contribution < 1.29 is 18.0 Å². The standard InChI is InChI=1S/C15H17F3N4O/c1-10(2)22-9-11(8-21-22)14(23)20-6-4-13-7-12(3-5-19-13)15(16,17)18/h3,5,7-10H,4,6H2,1-2H3,(H,20,23). The van der Waals surface area contributed by atoms with Crippen molar-refractivity contribution in [2.45, 2.75) is 32.5 Å². The second kappa shape index (κ2) is 6.80. The summed E-state index contributed by atoms with van der Waals surface area (Å²) in [6.07, 6.45) is 0.0212. The van der Waals surface area contributed by atoms with Gasteiger partial charge in [0.05, 0.1) is 17.3 Å². The lowest BCUT2D eigenvalue weighted by Gasteiger charge is -2.08. The SMILES string of the molecule is CC(C)n1cc(C(=O)NCCc2cc(C(F)(F)F)ccn2)cn1. The first-order chi connectivity index (χ1) is 10.8. The van der Waals surface area contributed by atoms with Crippen LogP contribution in [0.1, 0.15) is 41.5 Å². The normalized spacial score (nSPS) is 11.7. The van der Waals surface area contributed by atoms with Crippen molar-refractivity contribution in [1.82, 2.24) is 20.1 Å². The second-order valence-electron chi connectivity index (χ2n) is 5.34. The lowest BCUT2D eigenvalue weighted by Crippen LogP contribution is -2.25. The van der Waals surface area contributed by atoms with E-state index in [2.05, 4.69) is 15.4 Å². The number of amides is 1. The molecule has 23 heavy (non-hydrogen) atoms. The van der Waals surface area contributed by atoms with Crippen molar-refractivity contribution in [1.29, 1.82) is 0 Å². The summed E-state index contributed by atoms with van der Waals surface area (Å²) in [5.74, 6) is -0.316. The van der Waals surface area contributed by atoms with Crippen LogP contribution < -0.4 is 5.32 Å². The summed E-state index contributed by atoms with van der Waals surface area (Å²) in [7, 11) is 0. The molecule has 8 heteroatoms. The number of rotatable bonds is 5. The maximum atomic E-state index is 12.6. The van der Waals surface area contributed by atoms with E-state index in [4.69, 9.17) is 0 Å². The molecule has 0 unspecified atom stereocenters. The number of alkyl halides is 3. The Labute approximate surface area is 131 Å². The van der Waals surface area contributed by atoms with Crippen LogP contribution in [-0.4, -0.2) is 27.2 Å². The number of nitrogens with one attached hydrogen (secondary N) is 1. The van der Waals surface area contributed by atoms with Crippen molar-refractivity contribution >= 4 is 5.91 Å². The van der Waals surface area contributed by atoms with Crippen LogP contribution in [0.2, 0.25) is 0 Å². The van der Waals surface area contributed by atoms with Crippen molar-refractivity contribution in [2.75, 3.05) is 6.54 Å². The van der Waals surface area contributed by atoms with E-state index in [9.17, 15) is 18.0 Å². The molecule has 0 aliphatic carbocycles. The molecule has 0 fully saturated rings. The van der Waals surface area contributed by atoms with Crippen LogP contribution in [-0.2, 0) is 12.6 Å². The highest BCUT2D eigenvalue weighted by Gasteiger charge is 2.30. The molecule has 2 aromatic heterocycles. The molecule has 0 spiro atoms. The Morgan fingerprint density at radius 3 is 2.74 bits per heavy atom. The highest BCUT2D eigenvalue weighted by Crippen LogP contribution is 2.28. The zero-order valence-electron chi connectivity index (χ0n) is 12.8. The maximum Gasteiger partial charge on any atom is 0.416 e. The predicted octanol–water partition coefficient (Wildman–Crippen LogP) is 2.85. The van der Waals surface area contributed by atoms with Gasteiger partial charge in [0, 0.05) is 37.1 Å². The Balaban J connectivity index is 1.90. The minimum absolute atomic E-state index is 0.144. The predicted molar refractivity (Wildman–Crippen MR) is 77.9 cm³/mol. The fourth-order valence-electron chi connectivity index (χ4n) is 1.94. The van der Waals surface area contributed by atoms with Crippen LogP contribution in [0.15, 0.2) is 30.7 Å². The highest BCUT2D eigenvalue weighted by molar-refractivity contribution is 5.93. The van der Waals surface area contributed by atoms with Gasteiger partial charge in [-0.2, -0.15) is 18.3 Å². The van der Waals surface area contributed by atoms with E-state index >= 15 is 0 Å². The summed E-state index contributed by atoms with van der Waals surface area (Å²) < 4.78 is 39.5. The van der Waals surface area contributed by atoms with Crippen LogP contribution in [0.25, 0.3) is 0 Å². The van der Waals surface area contributed by atoms with Gasteiger partial charge in [0.1, 0.15) is 0 Å². The van der Waals surface area contributed by atoms with Gasteiger partial charge in [0.2, 0.25) is 0 Å². The molecule has 0 aromatic carbocycles. The number of carbonyl (C=O) groups is 1. The highest BCUT2D eigenvalue weighted by atomic mass is 19.4. The number of nitrogens with zero attached hydrogens (tertiary/aromatic N) is 3. The zero-order chi connectivity index (χ0) is 17.0. The lowest BCUT2D eigenvalue weighted by molar-refractivity contribution is -0.137. The molecule has 5 nitrogen and oxygen atoms in total. The third kappa shape index (κ3) is 4.54. The van der Waals surface area contributed by atoms with Crippen LogP contribution in [0, 0.1) is 0 Å². The third-order valence-corrected chi connectivity index (χ3v) is 3.20. The average Bonchev–Trinajstić information content (AvgIpc) is 2.97. The van der Waals surface area contributed by atoms with Crippen LogP contribution in [0.3, 0.4) is 0 Å². The van der Waals surface area contributed by atoms with E-state index in [1.807, 2.05) is 13.8 Å². The number of carbonyl (C=O) groups excluding carboxylic acids is 1. The molecule has 0 bridgehead atoms. The number of pyridine rings is 1.